The van der Waals surface area contributed by atoms with Crippen LogP contribution in [0.15, 0.2) is 40.9 Å². The van der Waals surface area contributed by atoms with Gasteiger partial charge in [0.05, 0.1) is 26.9 Å². The van der Waals surface area contributed by atoms with Gasteiger partial charge in [0.15, 0.2) is 0 Å². The first-order valence-electron chi connectivity index (χ1n) is 6.46. The van der Waals surface area contributed by atoms with Crippen molar-refractivity contribution < 1.29 is 14.2 Å². The minimum Gasteiger partial charge on any atom is -0.496 e. The topological polar surface area (TPSA) is 39.7 Å². The average Bonchev–Trinajstić information content (AvgIpc) is 2.53. The molecule has 0 aliphatic heterocycles. The summed E-state index contributed by atoms with van der Waals surface area (Å²) in [6.07, 6.45) is 0. The predicted octanol–water partition coefficient (Wildman–Crippen LogP) is 4.09. The fourth-order valence-electron chi connectivity index (χ4n) is 2.01. The molecule has 0 aliphatic carbocycles. The Bertz CT molecular complexity index is 574. The molecule has 0 aliphatic rings. The third-order valence-corrected chi connectivity index (χ3v) is 3.66. The first-order valence-corrected chi connectivity index (χ1v) is 7.25. The third kappa shape index (κ3) is 3.82. The Hall–Kier alpha value is -1.88. The van der Waals surface area contributed by atoms with Gasteiger partial charge >= 0.3 is 0 Å². The summed E-state index contributed by atoms with van der Waals surface area (Å²) in [6.45, 7) is 0.595. The molecule has 2 aromatic carbocycles. The third-order valence-electron chi connectivity index (χ3n) is 3.13. The highest BCUT2D eigenvalue weighted by atomic mass is 79.9. The molecule has 2 rings (SSSR count). The van der Waals surface area contributed by atoms with Gasteiger partial charge in [0.25, 0.3) is 0 Å². The van der Waals surface area contributed by atoms with Crippen LogP contribution in [0.3, 0.4) is 0 Å². The monoisotopic (exact) mass is 351 g/mol. The summed E-state index contributed by atoms with van der Waals surface area (Å²) >= 11 is 3.42. The lowest BCUT2D eigenvalue weighted by Crippen LogP contribution is -2.04. The van der Waals surface area contributed by atoms with E-state index in [1.54, 1.807) is 21.3 Å². The molecule has 112 valence electrons. The van der Waals surface area contributed by atoms with Gasteiger partial charge in [-0.3, -0.25) is 0 Å². The van der Waals surface area contributed by atoms with Gasteiger partial charge in [-0.05, 0) is 24.3 Å². The Kier molecular flexibility index (Phi) is 5.33. The number of ether oxygens (including phenoxy) is 3. The second-order valence-corrected chi connectivity index (χ2v) is 5.29. The lowest BCUT2D eigenvalue weighted by Gasteiger charge is -2.16. The van der Waals surface area contributed by atoms with Crippen LogP contribution in [0.25, 0.3) is 0 Å². The number of rotatable bonds is 6. The van der Waals surface area contributed by atoms with Crippen molar-refractivity contribution in [2.75, 3.05) is 26.6 Å². The Morgan fingerprint density at radius 3 is 1.95 bits per heavy atom. The number of hydrogen-bond acceptors (Lipinski definition) is 4. The lowest BCUT2D eigenvalue weighted by atomic mass is 10.1. The van der Waals surface area contributed by atoms with E-state index < -0.39 is 0 Å². The van der Waals surface area contributed by atoms with Gasteiger partial charge in [-0.2, -0.15) is 0 Å². The fraction of sp³-hybridized carbons (Fsp3) is 0.250. The summed E-state index contributed by atoms with van der Waals surface area (Å²) in [5.74, 6) is 2.17. The zero-order chi connectivity index (χ0) is 15.2. The highest BCUT2D eigenvalue weighted by molar-refractivity contribution is 9.10. The molecule has 2 aromatic rings. The first-order chi connectivity index (χ1) is 10.2. The standard InChI is InChI=1S/C16H18BrNO3/c1-19-13-8-15(20-2)14(16(9-13)21-3)10-18-12-6-4-11(17)5-7-12/h4-9,18H,10H2,1-3H3. The second kappa shape index (κ2) is 7.22. The normalized spacial score (nSPS) is 10.1. The van der Waals surface area contributed by atoms with Gasteiger partial charge in [0, 0.05) is 28.8 Å². The molecule has 21 heavy (non-hydrogen) atoms. The largest absolute Gasteiger partial charge is 0.496 e. The van der Waals surface area contributed by atoms with Crippen molar-refractivity contribution in [1.82, 2.24) is 0 Å². The molecule has 0 unspecified atom stereocenters. The van der Waals surface area contributed by atoms with Crippen molar-refractivity contribution in [3.8, 4) is 17.2 Å². The molecule has 0 spiro atoms. The highest BCUT2D eigenvalue weighted by Gasteiger charge is 2.13. The van der Waals surface area contributed by atoms with E-state index in [1.807, 2.05) is 36.4 Å². The van der Waals surface area contributed by atoms with Crippen LogP contribution in [0.2, 0.25) is 0 Å². The molecule has 0 aromatic heterocycles. The van der Waals surface area contributed by atoms with Crippen molar-refractivity contribution >= 4 is 21.6 Å². The Morgan fingerprint density at radius 2 is 1.48 bits per heavy atom. The zero-order valence-corrected chi connectivity index (χ0v) is 13.9. The van der Waals surface area contributed by atoms with Crippen molar-refractivity contribution in [1.29, 1.82) is 0 Å². The van der Waals surface area contributed by atoms with E-state index in [-0.39, 0.29) is 0 Å². The maximum Gasteiger partial charge on any atom is 0.131 e. The fourth-order valence-corrected chi connectivity index (χ4v) is 2.27. The molecular weight excluding hydrogens is 334 g/mol. The van der Waals surface area contributed by atoms with Gasteiger partial charge in [-0.25, -0.2) is 0 Å². The van der Waals surface area contributed by atoms with Crippen LogP contribution in [-0.2, 0) is 6.54 Å². The Labute approximate surface area is 133 Å². The average molecular weight is 352 g/mol. The Balaban J connectivity index is 2.23. The highest BCUT2D eigenvalue weighted by Crippen LogP contribution is 2.34. The first kappa shape index (κ1) is 15.5. The van der Waals surface area contributed by atoms with Crippen molar-refractivity contribution in [2.24, 2.45) is 0 Å². The maximum absolute atomic E-state index is 5.43. The minimum atomic E-state index is 0.595. The maximum atomic E-state index is 5.43. The van der Waals surface area contributed by atoms with Gasteiger partial charge in [-0.1, -0.05) is 15.9 Å². The van der Waals surface area contributed by atoms with Crippen LogP contribution in [0, 0.1) is 0 Å². The van der Waals surface area contributed by atoms with Crippen LogP contribution in [0.1, 0.15) is 5.56 Å². The molecule has 0 fully saturated rings. The molecule has 1 N–H and O–H groups in total. The van der Waals surface area contributed by atoms with Gasteiger partial charge in [0.1, 0.15) is 17.2 Å². The number of nitrogens with one attached hydrogen (secondary N) is 1. The van der Waals surface area contributed by atoms with Crippen molar-refractivity contribution in [2.45, 2.75) is 6.54 Å². The van der Waals surface area contributed by atoms with Gasteiger partial charge < -0.3 is 19.5 Å². The van der Waals surface area contributed by atoms with Crippen molar-refractivity contribution in [3.63, 3.8) is 0 Å². The predicted molar refractivity (Wildman–Crippen MR) is 87.6 cm³/mol. The molecule has 0 bridgehead atoms. The number of benzene rings is 2. The van der Waals surface area contributed by atoms with Crippen LogP contribution in [0.4, 0.5) is 5.69 Å². The molecule has 0 radical (unpaired) electrons. The molecule has 4 nitrogen and oxygen atoms in total. The van der Waals surface area contributed by atoms with E-state index in [0.717, 1.165) is 27.2 Å². The summed E-state index contributed by atoms with van der Waals surface area (Å²) in [6, 6.07) is 11.7. The van der Waals surface area contributed by atoms with Crippen LogP contribution >= 0.6 is 15.9 Å². The molecular formula is C16H18BrNO3. The summed E-state index contributed by atoms with van der Waals surface area (Å²) in [4.78, 5) is 0. The number of hydrogen-bond donors (Lipinski definition) is 1. The summed E-state index contributed by atoms with van der Waals surface area (Å²) in [5, 5.41) is 3.35. The molecule has 0 saturated heterocycles. The number of anilines is 1. The summed E-state index contributed by atoms with van der Waals surface area (Å²) in [7, 11) is 4.89. The molecule has 0 heterocycles. The smallest absolute Gasteiger partial charge is 0.131 e. The molecule has 0 saturated carbocycles. The SMILES string of the molecule is COc1cc(OC)c(CNc2ccc(Br)cc2)c(OC)c1. The summed E-state index contributed by atoms with van der Waals surface area (Å²) < 4.78 is 17.2. The molecule has 0 atom stereocenters. The van der Waals surface area contributed by atoms with Crippen LogP contribution in [-0.4, -0.2) is 21.3 Å². The van der Waals surface area contributed by atoms with E-state index in [4.69, 9.17) is 14.2 Å². The van der Waals surface area contributed by atoms with Crippen molar-refractivity contribution in [3.05, 3.63) is 46.4 Å². The minimum absolute atomic E-state index is 0.595. The Morgan fingerprint density at radius 1 is 0.905 bits per heavy atom. The van der Waals surface area contributed by atoms with E-state index in [0.29, 0.717) is 12.3 Å². The second-order valence-electron chi connectivity index (χ2n) is 4.37. The molecule has 0 amide bonds. The van der Waals surface area contributed by atoms with E-state index in [1.165, 1.54) is 0 Å². The molecule has 5 heteroatoms. The van der Waals surface area contributed by atoms with E-state index in [2.05, 4.69) is 21.2 Å². The van der Waals surface area contributed by atoms with Gasteiger partial charge in [0.2, 0.25) is 0 Å². The van der Waals surface area contributed by atoms with Gasteiger partial charge in [-0.15, -0.1) is 0 Å². The van der Waals surface area contributed by atoms with Crippen LogP contribution in [0.5, 0.6) is 17.2 Å². The van der Waals surface area contributed by atoms with Crippen LogP contribution < -0.4 is 19.5 Å². The van der Waals surface area contributed by atoms with E-state index >= 15 is 0 Å². The van der Waals surface area contributed by atoms with E-state index in [9.17, 15) is 0 Å². The zero-order valence-electron chi connectivity index (χ0n) is 12.3. The number of halogens is 1. The lowest BCUT2D eigenvalue weighted by molar-refractivity contribution is 0.369. The summed E-state index contributed by atoms with van der Waals surface area (Å²) in [5.41, 5.74) is 1.97. The number of methoxy groups -OCH3 is 3. The quantitative estimate of drug-likeness (QED) is 0.850.